The lowest BCUT2D eigenvalue weighted by molar-refractivity contribution is 0.191. The number of nitrogens with one attached hydrogen (secondary N) is 1. The van der Waals surface area contributed by atoms with E-state index in [1.165, 1.54) is 51.7 Å². The molecule has 0 unspecified atom stereocenters. The molecule has 0 aromatic carbocycles. The van der Waals surface area contributed by atoms with E-state index in [2.05, 4.69) is 29.3 Å². The van der Waals surface area contributed by atoms with Crippen molar-refractivity contribution >= 4 is 0 Å². The van der Waals surface area contributed by atoms with E-state index in [4.69, 9.17) is 0 Å². The minimum absolute atomic E-state index is 0.743. The van der Waals surface area contributed by atoms with E-state index in [9.17, 15) is 0 Å². The molecule has 86 valence electrons. The van der Waals surface area contributed by atoms with Crippen LogP contribution in [0, 0.1) is 0 Å². The van der Waals surface area contributed by atoms with E-state index in [0.717, 1.165) is 12.1 Å². The number of hydrogen-bond acceptors (Lipinski definition) is 2. The predicted octanol–water partition coefficient (Wildman–Crippen LogP) is 2.17. The molecule has 0 amide bonds. The molecule has 0 aromatic heterocycles. The second-order valence-electron chi connectivity index (χ2n) is 4.92. The summed E-state index contributed by atoms with van der Waals surface area (Å²) in [5.41, 5.74) is 0. The van der Waals surface area contributed by atoms with Gasteiger partial charge in [-0.25, -0.2) is 0 Å². The largest absolute Gasteiger partial charge is 0.311 e. The summed E-state index contributed by atoms with van der Waals surface area (Å²) in [6.45, 7) is 6.16. The highest BCUT2D eigenvalue weighted by Gasteiger charge is 2.21. The lowest BCUT2D eigenvalue weighted by atomic mass is 10.0. The third-order valence-corrected chi connectivity index (χ3v) is 3.61. The SMILES string of the molecule is CCCN1CCC(NC2CC=CC2)CC1. The first-order valence-corrected chi connectivity index (χ1v) is 6.52. The maximum absolute atomic E-state index is 3.79. The van der Waals surface area contributed by atoms with E-state index < -0.39 is 0 Å². The summed E-state index contributed by atoms with van der Waals surface area (Å²) in [7, 11) is 0. The normalized spacial score (nSPS) is 25.1. The topological polar surface area (TPSA) is 15.3 Å². The van der Waals surface area contributed by atoms with Gasteiger partial charge in [0.1, 0.15) is 0 Å². The summed E-state index contributed by atoms with van der Waals surface area (Å²) < 4.78 is 0. The maximum Gasteiger partial charge on any atom is 0.0139 e. The fourth-order valence-electron chi connectivity index (χ4n) is 2.73. The second kappa shape index (κ2) is 5.66. The molecule has 1 N–H and O–H groups in total. The van der Waals surface area contributed by atoms with Crippen LogP contribution in [0.1, 0.15) is 39.0 Å². The van der Waals surface area contributed by atoms with Crippen LogP contribution >= 0.6 is 0 Å². The molecule has 1 aliphatic heterocycles. The van der Waals surface area contributed by atoms with E-state index in [1.807, 2.05) is 0 Å². The van der Waals surface area contributed by atoms with Crippen LogP contribution in [-0.2, 0) is 0 Å². The van der Waals surface area contributed by atoms with Crippen molar-refractivity contribution in [2.45, 2.75) is 51.1 Å². The Morgan fingerprint density at radius 1 is 1.13 bits per heavy atom. The number of piperidine rings is 1. The summed E-state index contributed by atoms with van der Waals surface area (Å²) in [6.07, 6.45) is 11.1. The number of rotatable bonds is 4. The summed E-state index contributed by atoms with van der Waals surface area (Å²) >= 11 is 0. The van der Waals surface area contributed by atoms with Gasteiger partial charge in [-0.15, -0.1) is 0 Å². The quantitative estimate of drug-likeness (QED) is 0.712. The molecule has 1 heterocycles. The van der Waals surface area contributed by atoms with E-state index in [-0.39, 0.29) is 0 Å². The highest BCUT2D eigenvalue weighted by atomic mass is 15.1. The first-order valence-electron chi connectivity index (χ1n) is 6.52. The zero-order chi connectivity index (χ0) is 10.5. The molecule has 0 aromatic rings. The van der Waals surface area contributed by atoms with E-state index in [0.29, 0.717) is 0 Å². The molecule has 1 aliphatic carbocycles. The molecule has 2 rings (SSSR count). The molecule has 0 spiro atoms. The van der Waals surface area contributed by atoms with E-state index in [1.54, 1.807) is 0 Å². The van der Waals surface area contributed by atoms with Crippen molar-refractivity contribution in [3.63, 3.8) is 0 Å². The average molecular weight is 208 g/mol. The second-order valence-corrected chi connectivity index (χ2v) is 4.92. The molecular formula is C13H24N2. The standard InChI is InChI=1S/C13H24N2/c1-2-9-15-10-7-13(8-11-15)14-12-5-3-4-6-12/h3-4,12-14H,2,5-11H2,1H3. The van der Waals surface area contributed by atoms with Crippen LogP contribution in [0.15, 0.2) is 12.2 Å². The molecule has 0 atom stereocenters. The summed E-state index contributed by atoms with van der Waals surface area (Å²) in [4.78, 5) is 2.60. The van der Waals surface area contributed by atoms with Crippen LogP contribution < -0.4 is 5.32 Å². The Balaban J connectivity index is 1.64. The van der Waals surface area contributed by atoms with Crippen molar-refractivity contribution in [2.75, 3.05) is 19.6 Å². The molecular weight excluding hydrogens is 184 g/mol. The van der Waals surface area contributed by atoms with Crippen LogP contribution in [-0.4, -0.2) is 36.6 Å². The minimum Gasteiger partial charge on any atom is -0.311 e. The van der Waals surface area contributed by atoms with Crippen LogP contribution in [0.3, 0.4) is 0 Å². The van der Waals surface area contributed by atoms with Gasteiger partial charge in [-0.3, -0.25) is 0 Å². The van der Waals surface area contributed by atoms with Gasteiger partial charge >= 0.3 is 0 Å². The molecule has 0 radical (unpaired) electrons. The molecule has 1 saturated heterocycles. The molecule has 2 aliphatic rings. The Hall–Kier alpha value is -0.340. The first kappa shape index (κ1) is 11.2. The lowest BCUT2D eigenvalue weighted by Gasteiger charge is -2.33. The molecule has 1 fully saturated rings. The van der Waals surface area contributed by atoms with Crippen molar-refractivity contribution in [3.05, 3.63) is 12.2 Å². The van der Waals surface area contributed by atoms with Gasteiger partial charge in [0.2, 0.25) is 0 Å². The lowest BCUT2D eigenvalue weighted by Crippen LogP contribution is -2.45. The molecule has 2 heteroatoms. The Kier molecular flexibility index (Phi) is 4.21. The first-order chi connectivity index (χ1) is 7.38. The Bertz CT molecular complexity index is 197. The molecule has 0 bridgehead atoms. The Labute approximate surface area is 93.7 Å². The van der Waals surface area contributed by atoms with Crippen LogP contribution in [0.25, 0.3) is 0 Å². The molecule has 0 saturated carbocycles. The number of likely N-dealkylation sites (tertiary alicyclic amines) is 1. The van der Waals surface area contributed by atoms with Gasteiger partial charge in [0.25, 0.3) is 0 Å². The molecule has 2 nitrogen and oxygen atoms in total. The van der Waals surface area contributed by atoms with Crippen LogP contribution in [0.4, 0.5) is 0 Å². The van der Waals surface area contributed by atoms with E-state index >= 15 is 0 Å². The maximum atomic E-state index is 3.79. The van der Waals surface area contributed by atoms with Crippen LogP contribution in [0.5, 0.6) is 0 Å². The third-order valence-electron chi connectivity index (χ3n) is 3.61. The van der Waals surface area contributed by atoms with Crippen LogP contribution in [0.2, 0.25) is 0 Å². The summed E-state index contributed by atoms with van der Waals surface area (Å²) in [5.74, 6) is 0. The minimum atomic E-state index is 0.743. The van der Waals surface area contributed by atoms with Gasteiger partial charge in [-0.2, -0.15) is 0 Å². The van der Waals surface area contributed by atoms with Crippen molar-refractivity contribution in [1.82, 2.24) is 10.2 Å². The fourth-order valence-corrected chi connectivity index (χ4v) is 2.73. The van der Waals surface area contributed by atoms with Crippen molar-refractivity contribution < 1.29 is 0 Å². The smallest absolute Gasteiger partial charge is 0.0139 e. The third kappa shape index (κ3) is 3.32. The summed E-state index contributed by atoms with van der Waals surface area (Å²) in [6, 6.07) is 1.52. The van der Waals surface area contributed by atoms with Gasteiger partial charge in [-0.05, 0) is 51.7 Å². The van der Waals surface area contributed by atoms with Crippen molar-refractivity contribution in [2.24, 2.45) is 0 Å². The van der Waals surface area contributed by atoms with Gasteiger partial charge in [0, 0.05) is 12.1 Å². The van der Waals surface area contributed by atoms with Gasteiger partial charge in [-0.1, -0.05) is 19.1 Å². The summed E-state index contributed by atoms with van der Waals surface area (Å²) in [5, 5.41) is 3.79. The Morgan fingerprint density at radius 2 is 1.80 bits per heavy atom. The highest BCUT2D eigenvalue weighted by molar-refractivity contribution is 4.98. The van der Waals surface area contributed by atoms with Crippen molar-refractivity contribution in [1.29, 1.82) is 0 Å². The van der Waals surface area contributed by atoms with Gasteiger partial charge in [0.05, 0.1) is 0 Å². The molecule has 15 heavy (non-hydrogen) atoms. The zero-order valence-corrected chi connectivity index (χ0v) is 9.91. The zero-order valence-electron chi connectivity index (χ0n) is 9.91. The van der Waals surface area contributed by atoms with Gasteiger partial charge < -0.3 is 10.2 Å². The average Bonchev–Trinajstić information content (AvgIpc) is 2.74. The highest BCUT2D eigenvalue weighted by Crippen LogP contribution is 2.15. The van der Waals surface area contributed by atoms with Crippen molar-refractivity contribution in [3.8, 4) is 0 Å². The monoisotopic (exact) mass is 208 g/mol. The number of nitrogens with zero attached hydrogens (tertiary/aromatic N) is 1. The number of hydrogen-bond donors (Lipinski definition) is 1. The fraction of sp³-hybridized carbons (Fsp3) is 0.846. The van der Waals surface area contributed by atoms with Gasteiger partial charge in [0.15, 0.2) is 0 Å². The Morgan fingerprint density at radius 3 is 2.40 bits per heavy atom. The predicted molar refractivity (Wildman–Crippen MR) is 65.1 cm³/mol.